The SMILES string of the molecule is CCc1ccc(-n2c(C)cc(C3C(c4ccccn4)NC(=S)N3c3ccc(N(C)C)cc3)c2C)cc1. The summed E-state index contributed by atoms with van der Waals surface area (Å²) in [5, 5.41) is 4.30. The average molecular weight is 496 g/mol. The van der Waals surface area contributed by atoms with E-state index in [1.165, 1.54) is 28.2 Å². The highest BCUT2D eigenvalue weighted by molar-refractivity contribution is 7.80. The van der Waals surface area contributed by atoms with Crippen molar-refractivity contribution in [2.24, 2.45) is 0 Å². The molecule has 1 saturated heterocycles. The van der Waals surface area contributed by atoms with Gasteiger partial charge in [-0.1, -0.05) is 25.1 Å². The molecule has 2 aromatic heterocycles. The van der Waals surface area contributed by atoms with Gasteiger partial charge in [0.15, 0.2) is 5.11 Å². The van der Waals surface area contributed by atoms with Crippen LogP contribution in [0.4, 0.5) is 11.4 Å². The van der Waals surface area contributed by atoms with Crippen LogP contribution in [0.15, 0.2) is 79.0 Å². The number of rotatable bonds is 6. The Balaban J connectivity index is 1.63. The fourth-order valence-electron chi connectivity index (χ4n) is 5.23. The Kier molecular flexibility index (Phi) is 6.54. The summed E-state index contributed by atoms with van der Waals surface area (Å²) >= 11 is 5.93. The quantitative estimate of drug-likeness (QED) is 0.318. The van der Waals surface area contributed by atoms with Crippen LogP contribution in [-0.2, 0) is 6.42 Å². The van der Waals surface area contributed by atoms with Crippen LogP contribution in [0.1, 0.15) is 47.2 Å². The summed E-state index contributed by atoms with van der Waals surface area (Å²) in [6, 6.07) is 25.7. The lowest BCUT2D eigenvalue weighted by Gasteiger charge is -2.28. The van der Waals surface area contributed by atoms with Crippen molar-refractivity contribution in [3.63, 3.8) is 0 Å². The first-order valence-corrected chi connectivity index (χ1v) is 12.9. The van der Waals surface area contributed by atoms with E-state index < -0.39 is 0 Å². The topological polar surface area (TPSA) is 36.3 Å². The minimum atomic E-state index is -0.0661. The molecular formula is C30H33N5S. The normalized spacial score (nSPS) is 17.4. The number of aryl methyl sites for hydroxylation is 2. The molecule has 0 radical (unpaired) electrons. The maximum atomic E-state index is 5.93. The number of hydrogen-bond acceptors (Lipinski definition) is 3. The standard InChI is InChI=1S/C30H33N5S/c1-6-22-10-12-24(13-11-22)34-20(2)19-26(21(34)3)29-28(27-9-7-8-18-31-27)32-30(36)35(29)25-16-14-23(15-17-25)33(4)5/h7-19,28-29H,6H2,1-5H3,(H,32,36). The van der Waals surface area contributed by atoms with E-state index in [1.54, 1.807) is 0 Å². The molecule has 6 heteroatoms. The molecule has 184 valence electrons. The molecule has 2 atom stereocenters. The van der Waals surface area contributed by atoms with E-state index in [-0.39, 0.29) is 12.1 Å². The van der Waals surface area contributed by atoms with Crippen LogP contribution in [-0.4, -0.2) is 28.8 Å². The fraction of sp³-hybridized carbons (Fsp3) is 0.267. The van der Waals surface area contributed by atoms with Crippen molar-refractivity contribution in [1.29, 1.82) is 0 Å². The van der Waals surface area contributed by atoms with Gasteiger partial charge >= 0.3 is 0 Å². The number of hydrogen-bond donors (Lipinski definition) is 1. The van der Waals surface area contributed by atoms with Crippen LogP contribution < -0.4 is 15.1 Å². The molecule has 5 nitrogen and oxygen atoms in total. The molecule has 0 bridgehead atoms. The van der Waals surface area contributed by atoms with Crippen LogP contribution in [0.2, 0.25) is 0 Å². The van der Waals surface area contributed by atoms with E-state index in [2.05, 4.69) is 115 Å². The van der Waals surface area contributed by atoms with E-state index in [0.29, 0.717) is 5.11 Å². The van der Waals surface area contributed by atoms with Crippen molar-refractivity contribution >= 4 is 28.7 Å². The van der Waals surface area contributed by atoms with Crippen LogP contribution in [0.5, 0.6) is 0 Å². The predicted octanol–water partition coefficient (Wildman–Crippen LogP) is 6.29. The number of aromatic nitrogens is 2. The first-order valence-electron chi connectivity index (χ1n) is 12.4. The predicted molar refractivity (Wildman–Crippen MR) is 153 cm³/mol. The lowest BCUT2D eigenvalue weighted by Crippen LogP contribution is -2.29. The third-order valence-corrected chi connectivity index (χ3v) is 7.45. The van der Waals surface area contributed by atoms with Crippen molar-refractivity contribution in [3.05, 3.63) is 107 Å². The van der Waals surface area contributed by atoms with Gasteiger partial charge in [0, 0.05) is 48.7 Å². The molecule has 1 fully saturated rings. The summed E-state index contributed by atoms with van der Waals surface area (Å²) in [7, 11) is 4.11. The second kappa shape index (κ2) is 9.78. The van der Waals surface area contributed by atoms with Gasteiger partial charge in [-0.05, 0) is 98.2 Å². The molecule has 0 saturated carbocycles. The summed E-state index contributed by atoms with van der Waals surface area (Å²) in [6.45, 7) is 6.57. The monoisotopic (exact) mass is 495 g/mol. The van der Waals surface area contributed by atoms with E-state index in [4.69, 9.17) is 17.2 Å². The van der Waals surface area contributed by atoms with Gasteiger partial charge in [-0.2, -0.15) is 0 Å². The summed E-state index contributed by atoms with van der Waals surface area (Å²) in [5.74, 6) is 0. The molecule has 1 aliphatic rings. The molecule has 1 N–H and O–H groups in total. The Bertz CT molecular complexity index is 1360. The summed E-state index contributed by atoms with van der Waals surface area (Å²) in [5.41, 5.74) is 9.38. The smallest absolute Gasteiger partial charge is 0.174 e. The van der Waals surface area contributed by atoms with Crippen LogP contribution in [0.3, 0.4) is 0 Å². The Morgan fingerprint density at radius 2 is 1.64 bits per heavy atom. The van der Waals surface area contributed by atoms with Gasteiger partial charge in [-0.15, -0.1) is 0 Å². The Morgan fingerprint density at radius 1 is 0.944 bits per heavy atom. The summed E-state index contributed by atoms with van der Waals surface area (Å²) in [4.78, 5) is 9.07. The van der Waals surface area contributed by atoms with E-state index in [1.807, 2.05) is 18.3 Å². The molecule has 2 unspecified atom stereocenters. The second-order valence-electron chi connectivity index (χ2n) is 9.59. The number of nitrogens with zero attached hydrogens (tertiary/aromatic N) is 4. The van der Waals surface area contributed by atoms with Gasteiger partial charge < -0.3 is 19.7 Å². The third kappa shape index (κ3) is 4.26. The molecule has 1 aliphatic heterocycles. The molecule has 0 aliphatic carbocycles. The maximum Gasteiger partial charge on any atom is 0.174 e. The fourth-order valence-corrected chi connectivity index (χ4v) is 5.57. The van der Waals surface area contributed by atoms with Crippen molar-refractivity contribution in [3.8, 4) is 5.69 Å². The Hall–Kier alpha value is -3.64. The van der Waals surface area contributed by atoms with Gasteiger partial charge in [0.2, 0.25) is 0 Å². The van der Waals surface area contributed by atoms with Gasteiger partial charge in [0.25, 0.3) is 0 Å². The van der Waals surface area contributed by atoms with E-state index in [9.17, 15) is 0 Å². The molecule has 0 spiro atoms. The number of nitrogens with one attached hydrogen (secondary N) is 1. The molecule has 0 amide bonds. The highest BCUT2D eigenvalue weighted by Gasteiger charge is 2.42. The van der Waals surface area contributed by atoms with Crippen molar-refractivity contribution < 1.29 is 0 Å². The summed E-state index contributed by atoms with van der Waals surface area (Å²) < 4.78 is 2.35. The summed E-state index contributed by atoms with van der Waals surface area (Å²) in [6.07, 6.45) is 2.89. The molecule has 2 aromatic carbocycles. The maximum absolute atomic E-state index is 5.93. The lowest BCUT2D eigenvalue weighted by molar-refractivity contribution is 0.565. The average Bonchev–Trinajstić information content (AvgIpc) is 3.39. The highest BCUT2D eigenvalue weighted by Crippen LogP contribution is 2.44. The van der Waals surface area contributed by atoms with Gasteiger partial charge in [0.1, 0.15) is 0 Å². The Labute approximate surface area is 219 Å². The van der Waals surface area contributed by atoms with Gasteiger partial charge in [-0.3, -0.25) is 4.98 Å². The first-order chi connectivity index (χ1) is 17.4. The highest BCUT2D eigenvalue weighted by atomic mass is 32.1. The number of benzene rings is 2. The first kappa shape index (κ1) is 24.1. The van der Waals surface area contributed by atoms with Crippen LogP contribution in [0, 0.1) is 13.8 Å². The largest absolute Gasteiger partial charge is 0.378 e. The van der Waals surface area contributed by atoms with E-state index >= 15 is 0 Å². The van der Waals surface area contributed by atoms with Crippen LogP contribution in [0.25, 0.3) is 5.69 Å². The minimum absolute atomic E-state index is 0.0347. The zero-order chi connectivity index (χ0) is 25.4. The van der Waals surface area contributed by atoms with Crippen molar-refractivity contribution in [1.82, 2.24) is 14.9 Å². The Morgan fingerprint density at radius 3 is 2.25 bits per heavy atom. The molecule has 5 rings (SSSR count). The third-order valence-electron chi connectivity index (χ3n) is 7.13. The molecular weight excluding hydrogens is 462 g/mol. The minimum Gasteiger partial charge on any atom is -0.378 e. The number of thiocarbonyl (C=S) groups is 1. The number of anilines is 2. The second-order valence-corrected chi connectivity index (χ2v) is 9.98. The van der Waals surface area contributed by atoms with E-state index in [0.717, 1.165) is 23.5 Å². The zero-order valence-corrected chi connectivity index (χ0v) is 22.4. The van der Waals surface area contributed by atoms with Crippen molar-refractivity contribution in [2.75, 3.05) is 23.9 Å². The van der Waals surface area contributed by atoms with Gasteiger partial charge in [0.05, 0.1) is 17.8 Å². The molecule has 3 heterocycles. The number of pyridine rings is 1. The van der Waals surface area contributed by atoms with Crippen molar-refractivity contribution in [2.45, 2.75) is 39.3 Å². The van der Waals surface area contributed by atoms with Gasteiger partial charge in [-0.25, -0.2) is 0 Å². The molecule has 36 heavy (non-hydrogen) atoms. The molecule has 4 aromatic rings. The zero-order valence-electron chi connectivity index (χ0n) is 21.6. The lowest BCUT2D eigenvalue weighted by atomic mass is 9.96. The van der Waals surface area contributed by atoms with Crippen LogP contribution >= 0.6 is 12.2 Å².